The molecule has 0 spiro atoms. The monoisotopic (exact) mass is 383 g/mol. The van der Waals surface area contributed by atoms with Crippen LogP contribution in [-0.4, -0.2) is 28.9 Å². The van der Waals surface area contributed by atoms with Crippen LogP contribution in [0.15, 0.2) is 59.0 Å². The minimum Gasteiger partial charge on any atom is -0.468 e. The summed E-state index contributed by atoms with van der Waals surface area (Å²) >= 11 is 1.11. The van der Waals surface area contributed by atoms with Crippen molar-refractivity contribution in [2.75, 3.05) is 12.9 Å². The molecule has 0 radical (unpaired) electrons. The molecule has 0 saturated carbocycles. The van der Waals surface area contributed by atoms with Gasteiger partial charge in [0.15, 0.2) is 16.1 Å². The van der Waals surface area contributed by atoms with E-state index < -0.39 is 11.4 Å². The summed E-state index contributed by atoms with van der Waals surface area (Å²) in [7, 11) is 1.32. The van der Waals surface area contributed by atoms with Crippen LogP contribution < -0.4 is 0 Å². The van der Waals surface area contributed by atoms with Crippen LogP contribution >= 0.6 is 11.8 Å². The number of methoxy groups -OCH3 is 1. The molecule has 3 rings (SSSR count). The van der Waals surface area contributed by atoms with Gasteiger partial charge in [0.1, 0.15) is 5.52 Å². The van der Waals surface area contributed by atoms with E-state index in [1.54, 1.807) is 13.0 Å². The summed E-state index contributed by atoms with van der Waals surface area (Å²) in [5.41, 5.74) is 1.24. The first-order valence-corrected chi connectivity index (χ1v) is 9.65. The Morgan fingerprint density at radius 3 is 2.52 bits per heavy atom. The van der Waals surface area contributed by atoms with Gasteiger partial charge in [0.25, 0.3) is 0 Å². The number of para-hydroxylation sites is 2. The van der Waals surface area contributed by atoms with E-state index in [4.69, 9.17) is 9.15 Å². The molecular formula is C21H21NO4S. The molecule has 0 aliphatic rings. The van der Waals surface area contributed by atoms with E-state index in [9.17, 15) is 9.59 Å². The summed E-state index contributed by atoms with van der Waals surface area (Å²) in [4.78, 5) is 29.2. The fourth-order valence-corrected chi connectivity index (χ4v) is 3.67. The van der Waals surface area contributed by atoms with Crippen LogP contribution in [0.5, 0.6) is 0 Å². The fourth-order valence-electron chi connectivity index (χ4n) is 2.73. The molecular weight excluding hydrogens is 362 g/mol. The van der Waals surface area contributed by atoms with Gasteiger partial charge in [-0.1, -0.05) is 54.2 Å². The Hall–Kier alpha value is -2.60. The molecule has 0 N–H and O–H groups in total. The number of ether oxygens (including phenoxy) is 1. The number of benzene rings is 2. The first-order valence-electron chi connectivity index (χ1n) is 8.67. The highest BCUT2D eigenvalue weighted by molar-refractivity contribution is 8.13. The Balaban J connectivity index is 1.71. The number of aromatic nitrogens is 1. The van der Waals surface area contributed by atoms with Gasteiger partial charge in [0, 0.05) is 12.2 Å². The fraction of sp³-hybridized carbons (Fsp3) is 0.286. The lowest BCUT2D eigenvalue weighted by molar-refractivity contribution is -0.146. The average molecular weight is 383 g/mol. The zero-order chi connectivity index (χ0) is 19.3. The van der Waals surface area contributed by atoms with Gasteiger partial charge in [-0.05, 0) is 31.0 Å². The van der Waals surface area contributed by atoms with Crippen molar-refractivity contribution in [1.29, 1.82) is 0 Å². The van der Waals surface area contributed by atoms with Crippen molar-refractivity contribution in [2.45, 2.75) is 25.2 Å². The normalized spacial score (nSPS) is 13.3. The number of rotatable bonds is 7. The highest BCUT2D eigenvalue weighted by Crippen LogP contribution is 2.32. The van der Waals surface area contributed by atoms with Gasteiger partial charge in [-0.25, -0.2) is 4.98 Å². The first kappa shape index (κ1) is 19.2. The molecule has 0 aliphatic carbocycles. The molecule has 5 nitrogen and oxygen atoms in total. The number of nitrogens with zero attached hydrogens (tertiary/aromatic N) is 1. The number of oxazole rings is 1. The largest absolute Gasteiger partial charge is 0.468 e. The first-order chi connectivity index (χ1) is 13.0. The van der Waals surface area contributed by atoms with E-state index in [0.717, 1.165) is 17.3 Å². The average Bonchev–Trinajstić information content (AvgIpc) is 3.15. The van der Waals surface area contributed by atoms with E-state index in [1.807, 2.05) is 48.5 Å². The number of fused-ring (bicyclic) bond motifs is 1. The Labute approximate surface area is 162 Å². The van der Waals surface area contributed by atoms with Crippen LogP contribution in [0, 0.1) is 0 Å². The van der Waals surface area contributed by atoms with Crippen molar-refractivity contribution in [3.8, 4) is 0 Å². The van der Waals surface area contributed by atoms with Gasteiger partial charge in [-0.2, -0.15) is 0 Å². The van der Waals surface area contributed by atoms with E-state index in [0.29, 0.717) is 23.9 Å². The van der Waals surface area contributed by atoms with Gasteiger partial charge in [-0.3, -0.25) is 9.59 Å². The standard InChI is InChI=1S/C21H21NO4S/c1-21(20(24)25-2,19-22-16-10-6-7-11-17(16)26-19)14-27-18(23)13-12-15-8-4-3-5-9-15/h3-11H,12-14H2,1-2H3. The molecule has 6 heteroatoms. The minimum atomic E-state index is -1.14. The highest BCUT2D eigenvalue weighted by atomic mass is 32.2. The number of carbonyl (C=O) groups is 2. The van der Waals surface area contributed by atoms with Crippen LogP contribution in [0.3, 0.4) is 0 Å². The Bertz CT molecular complexity index is 905. The zero-order valence-corrected chi connectivity index (χ0v) is 16.1. The van der Waals surface area contributed by atoms with Gasteiger partial charge in [0.2, 0.25) is 5.89 Å². The number of hydrogen-bond donors (Lipinski definition) is 0. The van der Waals surface area contributed by atoms with Crippen molar-refractivity contribution >= 4 is 33.9 Å². The lowest BCUT2D eigenvalue weighted by atomic mass is 9.93. The molecule has 1 aromatic heterocycles. The molecule has 0 fully saturated rings. The third-order valence-corrected chi connectivity index (χ3v) is 5.63. The lowest BCUT2D eigenvalue weighted by Gasteiger charge is -2.22. The lowest BCUT2D eigenvalue weighted by Crippen LogP contribution is -2.37. The summed E-state index contributed by atoms with van der Waals surface area (Å²) < 4.78 is 10.7. The molecule has 0 aliphatic heterocycles. The molecule has 0 saturated heterocycles. The third kappa shape index (κ3) is 4.39. The second-order valence-corrected chi connectivity index (χ2v) is 7.49. The summed E-state index contributed by atoms with van der Waals surface area (Å²) in [6, 6.07) is 17.1. The SMILES string of the molecule is COC(=O)C(C)(CSC(=O)CCc1ccccc1)c1nc2ccccc2o1. The third-order valence-electron chi connectivity index (χ3n) is 4.38. The number of esters is 1. The Morgan fingerprint density at radius 1 is 1.11 bits per heavy atom. The van der Waals surface area contributed by atoms with E-state index >= 15 is 0 Å². The maximum Gasteiger partial charge on any atom is 0.321 e. The molecule has 140 valence electrons. The molecule has 0 amide bonds. The highest BCUT2D eigenvalue weighted by Gasteiger charge is 2.42. The van der Waals surface area contributed by atoms with Gasteiger partial charge in [0.05, 0.1) is 7.11 Å². The van der Waals surface area contributed by atoms with Gasteiger partial charge >= 0.3 is 5.97 Å². The Morgan fingerprint density at radius 2 is 1.81 bits per heavy atom. The molecule has 3 aromatic rings. The second-order valence-electron chi connectivity index (χ2n) is 6.46. The number of carbonyl (C=O) groups excluding carboxylic acids is 2. The van der Waals surface area contributed by atoms with Crippen LogP contribution in [0.25, 0.3) is 11.1 Å². The maximum absolute atomic E-state index is 12.5. The number of aryl methyl sites for hydroxylation is 1. The molecule has 1 unspecified atom stereocenters. The van der Waals surface area contributed by atoms with Crippen LogP contribution in [-0.2, 0) is 26.2 Å². The van der Waals surface area contributed by atoms with Crippen molar-refractivity contribution < 1.29 is 18.7 Å². The maximum atomic E-state index is 12.5. The molecule has 1 heterocycles. The Kier molecular flexibility index (Phi) is 5.96. The predicted octanol–water partition coefficient (Wildman–Crippen LogP) is 4.15. The summed E-state index contributed by atoms with van der Waals surface area (Å²) in [5, 5.41) is 0.0186. The van der Waals surface area contributed by atoms with Crippen molar-refractivity contribution in [1.82, 2.24) is 4.98 Å². The molecule has 0 bridgehead atoms. The summed E-state index contributed by atoms with van der Waals surface area (Å²) in [5.74, 6) is -0.00329. The van der Waals surface area contributed by atoms with Crippen molar-refractivity contribution in [3.05, 3.63) is 66.1 Å². The second kappa shape index (κ2) is 8.39. The summed E-state index contributed by atoms with van der Waals surface area (Å²) in [6.07, 6.45) is 1.07. The smallest absolute Gasteiger partial charge is 0.321 e. The molecule has 1 atom stereocenters. The van der Waals surface area contributed by atoms with Crippen molar-refractivity contribution in [3.63, 3.8) is 0 Å². The predicted molar refractivity (Wildman–Crippen MR) is 106 cm³/mol. The topological polar surface area (TPSA) is 69.4 Å². The van der Waals surface area contributed by atoms with Gasteiger partial charge < -0.3 is 9.15 Å². The van der Waals surface area contributed by atoms with E-state index in [1.165, 1.54) is 7.11 Å². The minimum absolute atomic E-state index is 0.0186. The van der Waals surface area contributed by atoms with Crippen LogP contribution in [0.4, 0.5) is 0 Å². The van der Waals surface area contributed by atoms with Gasteiger partial charge in [-0.15, -0.1) is 0 Å². The molecule has 2 aromatic carbocycles. The number of thioether (sulfide) groups is 1. The molecule has 27 heavy (non-hydrogen) atoms. The van der Waals surface area contributed by atoms with Crippen molar-refractivity contribution in [2.24, 2.45) is 0 Å². The summed E-state index contributed by atoms with van der Waals surface area (Å²) in [6.45, 7) is 1.70. The quantitative estimate of drug-likeness (QED) is 0.571. The van der Waals surface area contributed by atoms with E-state index in [2.05, 4.69) is 4.98 Å². The van der Waals surface area contributed by atoms with Crippen LogP contribution in [0.2, 0.25) is 0 Å². The number of hydrogen-bond acceptors (Lipinski definition) is 6. The zero-order valence-electron chi connectivity index (χ0n) is 15.3. The van der Waals surface area contributed by atoms with E-state index in [-0.39, 0.29) is 16.8 Å². The van der Waals surface area contributed by atoms with Crippen LogP contribution in [0.1, 0.15) is 24.8 Å².